The van der Waals surface area contributed by atoms with Crippen LogP contribution in [0.2, 0.25) is 0 Å². The summed E-state index contributed by atoms with van der Waals surface area (Å²) in [4.78, 5) is 4.07. The van der Waals surface area contributed by atoms with E-state index in [1.807, 2.05) is 30.1 Å². The minimum absolute atomic E-state index is 0.662. The maximum absolute atomic E-state index is 9.01. The van der Waals surface area contributed by atoms with Crippen molar-refractivity contribution in [3.63, 3.8) is 0 Å². The SMILES string of the molecule is CN1CCCN(Cc2ccccc2)/C1=N/O. The maximum atomic E-state index is 9.01. The zero-order valence-corrected chi connectivity index (χ0v) is 9.50. The highest BCUT2D eigenvalue weighted by Crippen LogP contribution is 2.11. The summed E-state index contributed by atoms with van der Waals surface area (Å²) in [5.41, 5.74) is 1.24. The van der Waals surface area contributed by atoms with Crippen molar-refractivity contribution in [1.29, 1.82) is 0 Å². The molecule has 1 fully saturated rings. The quantitative estimate of drug-likeness (QED) is 0.606. The van der Waals surface area contributed by atoms with Gasteiger partial charge in [-0.05, 0) is 12.0 Å². The van der Waals surface area contributed by atoms with Crippen molar-refractivity contribution in [3.05, 3.63) is 35.9 Å². The van der Waals surface area contributed by atoms with Gasteiger partial charge in [0.1, 0.15) is 0 Å². The van der Waals surface area contributed by atoms with Crippen LogP contribution in [0, 0.1) is 0 Å². The number of benzene rings is 1. The standard InChI is InChI=1S/C12H17N3O/c1-14-8-5-9-15(12(14)13-16)10-11-6-3-2-4-7-11/h2-4,6-7,16H,5,8-10H2,1H3/b13-12+. The van der Waals surface area contributed by atoms with Gasteiger partial charge in [0, 0.05) is 26.7 Å². The molecule has 1 aliphatic heterocycles. The maximum Gasteiger partial charge on any atom is 0.238 e. The van der Waals surface area contributed by atoms with Crippen LogP contribution in [0.3, 0.4) is 0 Å². The molecule has 0 atom stereocenters. The van der Waals surface area contributed by atoms with Crippen LogP contribution in [0.15, 0.2) is 35.5 Å². The lowest BCUT2D eigenvalue weighted by molar-refractivity contribution is 0.234. The number of oxime groups is 1. The third-order valence-electron chi connectivity index (χ3n) is 2.85. The van der Waals surface area contributed by atoms with Crippen LogP contribution in [0.5, 0.6) is 0 Å². The van der Waals surface area contributed by atoms with Gasteiger partial charge in [-0.1, -0.05) is 35.5 Å². The van der Waals surface area contributed by atoms with Crippen molar-refractivity contribution in [2.45, 2.75) is 13.0 Å². The normalized spacial score (nSPS) is 19.2. The highest BCUT2D eigenvalue weighted by atomic mass is 16.4. The molecule has 16 heavy (non-hydrogen) atoms. The van der Waals surface area contributed by atoms with Gasteiger partial charge in [-0.25, -0.2) is 0 Å². The molecule has 1 aromatic carbocycles. The Bertz CT molecular complexity index is 364. The molecule has 1 saturated heterocycles. The van der Waals surface area contributed by atoms with Crippen LogP contribution in [0.1, 0.15) is 12.0 Å². The number of nitrogens with zero attached hydrogens (tertiary/aromatic N) is 3. The average Bonchev–Trinajstić information content (AvgIpc) is 2.31. The molecule has 0 spiro atoms. The summed E-state index contributed by atoms with van der Waals surface area (Å²) in [5, 5.41) is 12.4. The summed E-state index contributed by atoms with van der Waals surface area (Å²) >= 11 is 0. The van der Waals surface area contributed by atoms with E-state index in [-0.39, 0.29) is 0 Å². The van der Waals surface area contributed by atoms with E-state index in [9.17, 15) is 0 Å². The smallest absolute Gasteiger partial charge is 0.238 e. The molecule has 0 aliphatic carbocycles. The first-order valence-corrected chi connectivity index (χ1v) is 5.53. The monoisotopic (exact) mass is 219 g/mol. The second kappa shape index (κ2) is 4.88. The number of rotatable bonds is 2. The van der Waals surface area contributed by atoms with Crippen molar-refractivity contribution in [1.82, 2.24) is 9.80 Å². The van der Waals surface area contributed by atoms with Gasteiger partial charge < -0.3 is 15.0 Å². The first kappa shape index (κ1) is 10.8. The molecule has 1 N–H and O–H groups in total. The van der Waals surface area contributed by atoms with Crippen molar-refractivity contribution in [3.8, 4) is 0 Å². The Morgan fingerprint density at radius 3 is 2.69 bits per heavy atom. The molecule has 4 heteroatoms. The van der Waals surface area contributed by atoms with E-state index in [1.165, 1.54) is 5.56 Å². The molecule has 0 unspecified atom stereocenters. The zero-order chi connectivity index (χ0) is 11.4. The lowest BCUT2D eigenvalue weighted by Gasteiger charge is -2.35. The van der Waals surface area contributed by atoms with Crippen LogP contribution >= 0.6 is 0 Å². The Labute approximate surface area is 95.8 Å². The van der Waals surface area contributed by atoms with Crippen molar-refractivity contribution >= 4 is 5.96 Å². The minimum atomic E-state index is 0.662. The van der Waals surface area contributed by atoms with Crippen LogP contribution in [0.4, 0.5) is 0 Å². The van der Waals surface area contributed by atoms with Gasteiger partial charge in [-0.15, -0.1) is 0 Å². The Morgan fingerprint density at radius 2 is 2.00 bits per heavy atom. The van der Waals surface area contributed by atoms with E-state index in [0.29, 0.717) is 5.96 Å². The van der Waals surface area contributed by atoms with Gasteiger partial charge in [-0.3, -0.25) is 0 Å². The Morgan fingerprint density at radius 1 is 1.25 bits per heavy atom. The second-order valence-corrected chi connectivity index (χ2v) is 4.08. The van der Waals surface area contributed by atoms with E-state index in [2.05, 4.69) is 22.2 Å². The highest BCUT2D eigenvalue weighted by Gasteiger charge is 2.21. The molecule has 0 saturated carbocycles. The molecule has 0 amide bonds. The second-order valence-electron chi connectivity index (χ2n) is 4.08. The summed E-state index contributed by atoms with van der Waals surface area (Å²) in [6.07, 6.45) is 1.10. The predicted molar refractivity (Wildman–Crippen MR) is 63.3 cm³/mol. The third-order valence-corrected chi connectivity index (χ3v) is 2.85. The molecule has 4 nitrogen and oxygen atoms in total. The summed E-state index contributed by atoms with van der Waals surface area (Å²) < 4.78 is 0. The largest absolute Gasteiger partial charge is 0.408 e. The van der Waals surface area contributed by atoms with E-state index in [1.54, 1.807) is 0 Å². The molecular weight excluding hydrogens is 202 g/mol. The Kier molecular flexibility index (Phi) is 3.29. The molecule has 1 heterocycles. The fourth-order valence-electron chi connectivity index (χ4n) is 2.03. The van der Waals surface area contributed by atoms with Crippen LogP contribution in [0.25, 0.3) is 0 Å². The first-order valence-electron chi connectivity index (χ1n) is 5.53. The van der Waals surface area contributed by atoms with Gasteiger partial charge in [0.15, 0.2) is 0 Å². The molecule has 1 aliphatic rings. The number of hydrogen-bond donors (Lipinski definition) is 1. The molecule has 2 rings (SSSR count). The van der Waals surface area contributed by atoms with E-state index in [0.717, 1.165) is 26.1 Å². The fraction of sp³-hybridized carbons (Fsp3) is 0.417. The predicted octanol–water partition coefficient (Wildman–Crippen LogP) is 1.57. The van der Waals surface area contributed by atoms with Gasteiger partial charge in [0.25, 0.3) is 0 Å². The summed E-state index contributed by atoms with van der Waals surface area (Å²) in [6, 6.07) is 10.2. The topological polar surface area (TPSA) is 39.1 Å². The Balaban J connectivity index is 2.09. The lowest BCUT2D eigenvalue weighted by atomic mass is 10.2. The highest BCUT2D eigenvalue weighted by molar-refractivity contribution is 5.79. The van der Waals surface area contributed by atoms with Gasteiger partial charge >= 0.3 is 0 Å². The van der Waals surface area contributed by atoms with Crippen LogP contribution < -0.4 is 0 Å². The molecule has 0 radical (unpaired) electrons. The number of hydrogen-bond acceptors (Lipinski definition) is 2. The number of guanidine groups is 1. The van der Waals surface area contributed by atoms with E-state index >= 15 is 0 Å². The van der Waals surface area contributed by atoms with E-state index in [4.69, 9.17) is 5.21 Å². The lowest BCUT2D eigenvalue weighted by Crippen LogP contribution is -2.47. The molecule has 0 aromatic heterocycles. The summed E-state index contributed by atoms with van der Waals surface area (Å²) in [6.45, 7) is 2.69. The summed E-state index contributed by atoms with van der Waals surface area (Å²) in [7, 11) is 1.95. The van der Waals surface area contributed by atoms with Crippen molar-refractivity contribution in [2.75, 3.05) is 20.1 Å². The average molecular weight is 219 g/mol. The van der Waals surface area contributed by atoms with Gasteiger partial charge in [-0.2, -0.15) is 0 Å². The van der Waals surface area contributed by atoms with Crippen LogP contribution in [-0.4, -0.2) is 41.1 Å². The minimum Gasteiger partial charge on any atom is -0.408 e. The zero-order valence-electron chi connectivity index (χ0n) is 9.50. The van der Waals surface area contributed by atoms with Gasteiger partial charge in [0.05, 0.1) is 0 Å². The molecular formula is C12H17N3O. The first-order chi connectivity index (χ1) is 7.81. The fourth-order valence-corrected chi connectivity index (χ4v) is 2.03. The third kappa shape index (κ3) is 2.27. The van der Waals surface area contributed by atoms with Gasteiger partial charge in [0.2, 0.25) is 5.96 Å². The van der Waals surface area contributed by atoms with E-state index < -0.39 is 0 Å². The van der Waals surface area contributed by atoms with Crippen molar-refractivity contribution in [2.24, 2.45) is 5.16 Å². The molecule has 1 aromatic rings. The van der Waals surface area contributed by atoms with Crippen molar-refractivity contribution < 1.29 is 5.21 Å². The van der Waals surface area contributed by atoms with Crippen LogP contribution in [-0.2, 0) is 6.54 Å². The summed E-state index contributed by atoms with van der Waals surface area (Å²) in [5.74, 6) is 0.662. The molecule has 0 bridgehead atoms. The Hall–Kier alpha value is -1.71. The molecule has 86 valence electrons.